The van der Waals surface area contributed by atoms with Gasteiger partial charge in [-0.1, -0.05) is 12.1 Å². The van der Waals surface area contributed by atoms with Crippen LogP contribution in [0.1, 0.15) is 38.7 Å². The van der Waals surface area contributed by atoms with Crippen molar-refractivity contribution in [1.29, 1.82) is 0 Å². The monoisotopic (exact) mass is 278 g/mol. The van der Waals surface area contributed by atoms with Gasteiger partial charge in [0.25, 0.3) is 10.0 Å². The van der Waals surface area contributed by atoms with Crippen molar-refractivity contribution in [3.05, 3.63) is 29.8 Å². The molecule has 0 unspecified atom stereocenters. The largest absolute Gasteiger partial charge is 0.350 e. The lowest BCUT2D eigenvalue weighted by Gasteiger charge is -2.40. The van der Waals surface area contributed by atoms with Crippen LogP contribution in [0.3, 0.4) is 0 Å². The molecule has 0 radical (unpaired) electrons. The van der Waals surface area contributed by atoms with Gasteiger partial charge < -0.3 is 4.90 Å². The number of amidine groups is 1. The molecular formula is C14H18N2O2S. The Balaban J connectivity index is 2.11. The highest BCUT2D eigenvalue weighted by Crippen LogP contribution is 2.32. The van der Waals surface area contributed by atoms with Gasteiger partial charge >= 0.3 is 0 Å². The van der Waals surface area contributed by atoms with Crippen molar-refractivity contribution in [1.82, 2.24) is 4.90 Å². The van der Waals surface area contributed by atoms with Gasteiger partial charge in [0.2, 0.25) is 0 Å². The maximum Gasteiger partial charge on any atom is 0.285 e. The van der Waals surface area contributed by atoms with E-state index in [9.17, 15) is 8.42 Å². The zero-order valence-electron chi connectivity index (χ0n) is 11.2. The van der Waals surface area contributed by atoms with Crippen molar-refractivity contribution in [2.75, 3.05) is 0 Å². The van der Waals surface area contributed by atoms with E-state index in [-0.39, 0.29) is 0 Å². The van der Waals surface area contributed by atoms with Crippen LogP contribution in [0, 0.1) is 0 Å². The first-order valence-corrected chi connectivity index (χ1v) is 8.17. The lowest BCUT2D eigenvalue weighted by Crippen LogP contribution is -2.47. The number of sulfonamides is 1. The molecule has 4 nitrogen and oxygen atoms in total. The minimum atomic E-state index is -3.50. The topological polar surface area (TPSA) is 49.7 Å². The number of benzene rings is 1. The summed E-state index contributed by atoms with van der Waals surface area (Å²) in [5, 5.41) is 0. The third-order valence-corrected chi connectivity index (χ3v) is 5.38. The second-order valence-corrected chi connectivity index (χ2v) is 6.99. The molecule has 2 atom stereocenters. The molecule has 102 valence electrons. The van der Waals surface area contributed by atoms with Gasteiger partial charge in [0.05, 0.1) is 0 Å². The molecule has 1 aromatic rings. The Morgan fingerprint density at radius 1 is 1.16 bits per heavy atom. The molecular weight excluding hydrogens is 260 g/mol. The first-order chi connectivity index (χ1) is 9.00. The molecule has 0 N–H and O–H groups in total. The molecule has 0 aromatic heterocycles. The third kappa shape index (κ3) is 1.96. The highest BCUT2D eigenvalue weighted by molar-refractivity contribution is 7.90. The summed E-state index contributed by atoms with van der Waals surface area (Å²) >= 11 is 0. The predicted molar refractivity (Wildman–Crippen MR) is 74.8 cm³/mol. The molecule has 1 fully saturated rings. The number of rotatable bonds is 0. The molecule has 1 saturated heterocycles. The average molecular weight is 278 g/mol. The van der Waals surface area contributed by atoms with Gasteiger partial charge in [0, 0.05) is 17.6 Å². The maximum atomic E-state index is 12.1. The van der Waals surface area contributed by atoms with E-state index in [4.69, 9.17) is 0 Å². The zero-order valence-corrected chi connectivity index (χ0v) is 12.0. The minimum Gasteiger partial charge on any atom is -0.350 e. The smallest absolute Gasteiger partial charge is 0.285 e. The second kappa shape index (κ2) is 4.34. The van der Waals surface area contributed by atoms with Crippen molar-refractivity contribution in [2.45, 2.75) is 50.1 Å². The lowest BCUT2D eigenvalue weighted by atomic mass is 9.96. The van der Waals surface area contributed by atoms with E-state index < -0.39 is 10.0 Å². The van der Waals surface area contributed by atoms with Gasteiger partial charge in [0.15, 0.2) is 5.84 Å². The fraction of sp³-hybridized carbons (Fsp3) is 0.500. The van der Waals surface area contributed by atoms with Crippen LogP contribution < -0.4 is 0 Å². The fourth-order valence-corrected chi connectivity index (χ4v) is 4.32. The third-order valence-electron chi connectivity index (χ3n) is 4.05. The van der Waals surface area contributed by atoms with Crippen LogP contribution in [-0.4, -0.2) is 31.2 Å². The molecule has 5 heteroatoms. The molecule has 19 heavy (non-hydrogen) atoms. The van der Waals surface area contributed by atoms with Crippen molar-refractivity contribution in [3.8, 4) is 0 Å². The van der Waals surface area contributed by atoms with Crippen molar-refractivity contribution >= 4 is 15.9 Å². The Bertz CT molecular complexity index is 627. The van der Waals surface area contributed by atoms with Crippen LogP contribution in [0.2, 0.25) is 0 Å². The Kier molecular flexibility index (Phi) is 2.89. The van der Waals surface area contributed by atoms with Crippen LogP contribution >= 0.6 is 0 Å². The Labute approximate surface area is 114 Å². The summed E-state index contributed by atoms with van der Waals surface area (Å²) < 4.78 is 28.2. The molecule has 2 aliphatic heterocycles. The van der Waals surface area contributed by atoms with E-state index in [2.05, 4.69) is 23.1 Å². The van der Waals surface area contributed by atoms with Gasteiger partial charge in [-0.25, -0.2) is 0 Å². The Hall–Kier alpha value is -1.36. The van der Waals surface area contributed by atoms with Gasteiger partial charge in [-0.3, -0.25) is 0 Å². The molecule has 0 amide bonds. The molecule has 0 bridgehead atoms. The predicted octanol–water partition coefficient (Wildman–Crippen LogP) is 2.40. The number of hydrogen-bond donors (Lipinski definition) is 0. The molecule has 2 heterocycles. The van der Waals surface area contributed by atoms with Crippen LogP contribution in [0.15, 0.2) is 33.6 Å². The first kappa shape index (κ1) is 12.7. The highest BCUT2D eigenvalue weighted by atomic mass is 32.2. The van der Waals surface area contributed by atoms with E-state index >= 15 is 0 Å². The first-order valence-electron chi connectivity index (χ1n) is 6.73. The maximum absolute atomic E-state index is 12.1. The van der Waals surface area contributed by atoms with Gasteiger partial charge in [-0.2, -0.15) is 8.42 Å². The summed E-state index contributed by atoms with van der Waals surface area (Å²) in [4.78, 5) is 2.52. The minimum absolute atomic E-state index is 0.337. The molecule has 0 saturated carbocycles. The van der Waals surface area contributed by atoms with E-state index in [0.717, 1.165) is 18.4 Å². The van der Waals surface area contributed by atoms with Crippen LogP contribution in [0.5, 0.6) is 0 Å². The summed E-state index contributed by atoms with van der Waals surface area (Å²) in [7, 11) is -3.50. The normalized spacial score (nSPS) is 28.9. The van der Waals surface area contributed by atoms with Crippen LogP contribution in [-0.2, 0) is 10.0 Å². The molecule has 0 aliphatic carbocycles. The summed E-state index contributed by atoms with van der Waals surface area (Å²) in [6.07, 6.45) is 3.37. The zero-order chi connectivity index (χ0) is 13.6. The van der Waals surface area contributed by atoms with Crippen molar-refractivity contribution < 1.29 is 8.42 Å². The van der Waals surface area contributed by atoms with Crippen molar-refractivity contribution in [3.63, 3.8) is 0 Å². The standard InChI is InChI=1S/C14H18N2O2S/c1-10-6-5-7-11(2)16(10)14-12-8-3-4-9-13(12)19(17,18)15-14/h3-4,8-11H,5-7H2,1-2H3/t10-,11-/m1/s1. The van der Waals surface area contributed by atoms with E-state index in [1.54, 1.807) is 12.1 Å². The Morgan fingerprint density at radius 3 is 2.47 bits per heavy atom. The molecule has 3 rings (SSSR count). The fourth-order valence-electron chi connectivity index (χ4n) is 3.11. The van der Waals surface area contributed by atoms with Gasteiger partial charge in [-0.05, 0) is 45.2 Å². The number of fused-ring (bicyclic) bond motifs is 1. The van der Waals surface area contributed by atoms with Crippen LogP contribution in [0.25, 0.3) is 0 Å². The van der Waals surface area contributed by atoms with E-state index in [1.165, 1.54) is 6.42 Å². The number of likely N-dealkylation sites (tertiary alicyclic amines) is 1. The van der Waals surface area contributed by atoms with Crippen LogP contribution in [0.4, 0.5) is 0 Å². The second-order valence-electron chi connectivity index (χ2n) is 5.42. The molecule has 1 aromatic carbocycles. The highest BCUT2D eigenvalue weighted by Gasteiger charge is 2.36. The van der Waals surface area contributed by atoms with E-state index in [1.807, 2.05) is 12.1 Å². The number of nitrogens with zero attached hydrogens (tertiary/aromatic N) is 2. The molecule has 0 spiro atoms. The van der Waals surface area contributed by atoms with Crippen molar-refractivity contribution in [2.24, 2.45) is 4.40 Å². The van der Waals surface area contributed by atoms with Gasteiger partial charge in [0.1, 0.15) is 4.90 Å². The summed E-state index contributed by atoms with van der Waals surface area (Å²) in [6, 6.07) is 7.78. The Morgan fingerprint density at radius 2 is 1.79 bits per heavy atom. The quantitative estimate of drug-likeness (QED) is 0.732. The van der Waals surface area contributed by atoms with E-state index in [0.29, 0.717) is 22.8 Å². The van der Waals surface area contributed by atoms with Gasteiger partial charge in [-0.15, -0.1) is 4.40 Å². The number of piperidine rings is 1. The summed E-state index contributed by atoms with van der Waals surface area (Å²) in [5.74, 6) is 0.635. The summed E-state index contributed by atoms with van der Waals surface area (Å²) in [6.45, 7) is 4.29. The molecule has 2 aliphatic rings. The SMILES string of the molecule is C[C@@H]1CCC[C@@H](C)N1C1=NS(=O)(=O)c2ccccc21. The average Bonchev–Trinajstić information content (AvgIpc) is 2.62. The number of hydrogen-bond acceptors (Lipinski definition) is 3. The summed E-state index contributed by atoms with van der Waals surface area (Å²) in [5.41, 5.74) is 0.753. The lowest BCUT2D eigenvalue weighted by molar-refractivity contribution is 0.192.